The van der Waals surface area contributed by atoms with Gasteiger partial charge in [0.25, 0.3) is 5.89 Å². The quantitative estimate of drug-likeness (QED) is 0.470. The van der Waals surface area contributed by atoms with Crippen molar-refractivity contribution in [1.82, 2.24) is 34.9 Å². The Hall–Kier alpha value is -3.07. The molecule has 136 valence electrons. The largest absolute Gasteiger partial charge is 0.334 e. The molecular formula is C18H17N7OS. The highest BCUT2D eigenvalue weighted by molar-refractivity contribution is 7.98. The number of thioether (sulfide) groups is 1. The van der Waals surface area contributed by atoms with E-state index in [0.29, 0.717) is 17.5 Å². The molecule has 0 bridgehead atoms. The van der Waals surface area contributed by atoms with E-state index < -0.39 is 0 Å². The molecule has 0 spiro atoms. The van der Waals surface area contributed by atoms with Gasteiger partial charge in [-0.3, -0.25) is 9.97 Å². The zero-order chi connectivity index (χ0) is 18.6. The van der Waals surface area contributed by atoms with Crippen molar-refractivity contribution in [2.75, 3.05) is 0 Å². The van der Waals surface area contributed by atoms with Crippen molar-refractivity contribution in [1.29, 1.82) is 0 Å². The minimum Gasteiger partial charge on any atom is -0.334 e. The molecule has 4 heterocycles. The average molecular weight is 379 g/mol. The molecule has 0 radical (unpaired) electrons. The first-order chi connectivity index (χ1) is 13.2. The van der Waals surface area contributed by atoms with E-state index in [2.05, 4.69) is 41.8 Å². The second kappa shape index (κ2) is 7.67. The van der Waals surface area contributed by atoms with Gasteiger partial charge in [-0.15, -0.1) is 10.2 Å². The van der Waals surface area contributed by atoms with Gasteiger partial charge in [-0.05, 0) is 38.1 Å². The number of hydrogen-bond acceptors (Lipinski definition) is 8. The fourth-order valence-corrected chi connectivity index (χ4v) is 3.48. The predicted octanol–water partition coefficient (Wildman–Crippen LogP) is 3.41. The summed E-state index contributed by atoms with van der Waals surface area (Å²) in [5.74, 6) is 2.47. The molecule has 0 saturated carbocycles. The first-order valence-corrected chi connectivity index (χ1v) is 9.45. The van der Waals surface area contributed by atoms with E-state index in [1.807, 2.05) is 31.2 Å². The maximum absolute atomic E-state index is 5.37. The third kappa shape index (κ3) is 3.72. The van der Waals surface area contributed by atoms with Crippen LogP contribution in [0.15, 0.2) is 52.5 Å². The number of aryl methyl sites for hydroxylation is 1. The van der Waals surface area contributed by atoms with E-state index in [-0.39, 0.29) is 0 Å². The predicted molar refractivity (Wildman–Crippen MR) is 101 cm³/mol. The minimum atomic E-state index is 0.491. The molecular weight excluding hydrogens is 362 g/mol. The van der Waals surface area contributed by atoms with E-state index in [9.17, 15) is 0 Å². The average Bonchev–Trinajstić information content (AvgIpc) is 3.34. The molecule has 0 N–H and O–H groups in total. The van der Waals surface area contributed by atoms with Crippen LogP contribution in [0.1, 0.15) is 18.4 Å². The topological polar surface area (TPSA) is 95.4 Å². The summed E-state index contributed by atoms with van der Waals surface area (Å²) in [4.78, 5) is 12.7. The lowest BCUT2D eigenvalue weighted by Crippen LogP contribution is -2.00. The van der Waals surface area contributed by atoms with Gasteiger partial charge in [0.2, 0.25) is 0 Å². The number of rotatable bonds is 6. The van der Waals surface area contributed by atoms with Crippen molar-refractivity contribution < 1.29 is 4.52 Å². The standard InChI is InChI=1S/C18H17N7OS/c1-3-25-16(13-4-7-19-8-5-13)22-23-18(25)27-11-15-21-17(26-24-15)14-6-9-20-12(2)10-14/h4-10H,3,11H2,1-2H3. The number of aromatic nitrogens is 7. The van der Waals surface area contributed by atoms with Crippen molar-refractivity contribution in [3.63, 3.8) is 0 Å². The van der Waals surface area contributed by atoms with Crippen LogP contribution in [-0.2, 0) is 12.3 Å². The Kier molecular flexibility index (Phi) is 4.93. The highest BCUT2D eigenvalue weighted by atomic mass is 32.2. The van der Waals surface area contributed by atoms with Gasteiger partial charge in [0.1, 0.15) is 0 Å². The number of hydrogen-bond donors (Lipinski definition) is 0. The van der Waals surface area contributed by atoms with Crippen LogP contribution in [0.4, 0.5) is 0 Å². The normalized spacial score (nSPS) is 11.0. The smallest absolute Gasteiger partial charge is 0.258 e. The second-order valence-corrected chi connectivity index (χ2v) is 6.72. The Balaban J connectivity index is 1.51. The van der Waals surface area contributed by atoms with Crippen LogP contribution in [0.2, 0.25) is 0 Å². The van der Waals surface area contributed by atoms with Crippen LogP contribution in [0.5, 0.6) is 0 Å². The third-order valence-electron chi connectivity index (χ3n) is 3.91. The SMILES string of the molecule is CCn1c(SCc2noc(-c3ccnc(C)c3)n2)nnc1-c1ccncc1. The highest BCUT2D eigenvalue weighted by Gasteiger charge is 2.15. The van der Waals surface area contributed by atoms with Crippen molar-refractivity contribution >= 4 is 11.8 Å². The molecule has 0 fully saturated rings. The molecule has 0 atom stereocenters. The van der Waals surface area contributed by atoms with Crippen molar-refractivity contribution in [3.8, 4) is 22.8 Å². The second-order valence-electron chi connectivity index (χ2n) is 5.78. The Labute approximate surface area is 160 Å². The number of nitrogens with zero attached hydrogens (tertiary/aromatic N) is 7. The van der Waals surface area contributed by atoms with E-state index in [0.717, 1.165) is 34.3 Å². The zero-order valence-electron chi connectivity index (χ0n) is 14.9. The molecule has 0 aliphatic heterocycles. The lowest BCUT2D eigenvalue weighted by Gasteiger charge is -2.06. The maximum Gasteiger partial charge on any atom is 0.258 e. The number of pyridine rings is 2. The van der Waals surface area contributed by atoms with E-state index in [4.69, 9.17) is 4.52 Å². The van der Waals surface area contributed by atoms with Gasteiger partial charge in [-0.1, -0.05) is 16.9 Å². The fraction of sp³-hybridized carbons (Fsp3) is 0.222. The highest BCUT2D eigenvalue weighted by Crippen LogP contribution is 2.26. The van der Waals surface area contributed by atoms with Gasteiger partial charge in [-0.2, -0.15) is 4.98 Å². The molecule has 0 aromatic carbocycles. The van der Waals surface area contributed by atoms with Gasteiger partial charge in [0.05, 0.1) is 5.75 Å². The summed E-state index contributed by atoms with van der Waals surface area (Å²) in [6, 6.07) is 7.62. The van der Waals surface area contributed by atoms with Gasteiger partial charge >= 0.3 is 0 Å². The molecule has 4 aromatic rings. The summed E-state index contributed by atoms with van der Waals surface area (Å²) in [7, 11) is 0. The minimum absolute atomic E-state index is 0.491. The molecule has 0 unspecified atom stereocenters. The zero-order valence-corrected chi connectivity index (χ0v) is 15.7. The molecule has 4 rings (SSSR count). The fourth-order valence-electron chi connectivity index (χ4n) is 2.63. The first-order valence-electron chi connectivity index (χ1n) is 8.46. The summed E-state index contributed by atoms with van der Waals surface area (Å²) in [6.45, 7) is 4.76. The first kappa shape index (κ1) is 17.3. The van der Waals surface area contributed by atoms with Crippen LogP contribution < -0.4 is 0 Å². The lowest BCUT2D eigenvalue weighted by molar-refractivity contribution is 0.425. The lowest BCUT2D eigenvalue weighted by atomic mass is 10.2. The maximum atomic E-state index is 5.37. The summed E-state index contributed by atoms with van der Waals surface area (Å²) in [5, 5.41) is 13.5. The summed E-state index contributed by atoms with van der Waals surface area (Å²) in [6.07, 6.45) is 5.23. The van der Waals surface area contributed by atoms with Gasteiger partial charge in [-0.25, -0.2) is 0 Å². The molecule has 0 saturated heterocycles. The Morgan fingerprint density at radius 3 is 2.67 bits per heavy atom. The van der Waals surface area contributed by atoms with E-state index >= 15 is 0 Å². The van der Waals surface area contributed by atoms with Crippen LogP contribution in [0, 0.1) is 6.92 Å². The Morgan fingerprint density at radius 1 is 1.07 bits per heavy atom. The molecule has 27 heavy (non-hydrogen) atoms. The van der Waals surface area contributed by atoms with Crippen LogP contribution in [0.25, 0.3) is 22.8 Å². The summed E-state index contributed by atoms with van der Waals surface area (Å²) < 4.78 is 7.44. The molecule has 4 aromatic heterocycles. The summed E-state index contributed by atoms with van der Waals surface area (Å²) >= 11 is 1.53. The van der Waals surface area contributed by atoms with Gasteiger partial charge in [0.15, 0.2) is 16.8 Å². The Bertz CT molecular complexity index is 1040. The molecule has 8 nitrogen and oxygen atoms in total. The molecule has 0 amide bonds. The van der Waals surface area contributed by atoms with Crippen molar-refractivity contribution in [3.05, 3.63) is 54.4 Å². The van der Waals surface area contributed by atoms with Crippen LogP contribution >= 0.6 is 11.8 Å². The molecule has 0 aliphatic rings. The van der Waals surface area contributed by atoms with Crippen molar-refractivity contribution in [2.24, 2.45) is 0 Å². The molecule has 9 heteroatoms. The molecule has 0 aliphatic carbocycles. The van der Waals surface area contributed by atoms with E-state index in [1.54, 1.807) is 18.6 Å². The third-order valence-corrected chi connectivity index (χ3v) is 4.88. The summed E-state index contributed by atoms with van der Waals surface area (Å²) in [5.41, 5.74) is 2.75. The van der Waals surface area contributed by atoms with Gasteiger partial charge < -0.3 is 9.09 Å². The Morgan fingerprint density at radius 2 is 1.89 bits per heavy atom. The van der Waals surface area contributed by atoms with Crippen LogP contribution in [0.3, 0.4) is 0 Å². The van der Waals surface area contributed by atoms with E-state index in [1.165, 1.54) is 11.8 Å². The van der Waals surface area contributed by atoms with Gasteiger partial charge in [0, 0.05) is 42.0 Å². The van der Waals surface area contributed by atoms with Crippen LogP contribution in [-0.4, -0.2) is 34.9 Å². The monoisotopic (exact) mass is 379 g/mol. The van der Waals surface area contributed by atoms with Crippen molar-refractivity contribution in [2.45, 2.75) is 31.3 Å².